The quantitative estimate of drug-likeness (QED) is 0.866. The number of carbonyl (C=O) groups excluding carboxylic acids is 1. The molecule has 3 nitrogen and oxygen atoms in total. The number of amides is 1. The van der Waals surface area contributed by atoms with Crippen LogP contribution in [0.1, 0.15) is 0 Å². The summed E-state index contributed by atoms with van der Waals surface area (Å²) in [5, 5.41) is 3.56. The second kappa shape index (κ2) is 6.47. The first kappa shape index (κ1) is 13.0. The molecule has 0 saturated carbocycles. The third-order valence-electron chi connectivity index (χ3n) is 2.02. The maximum atomic E-state index is 11.6. The van der Waals surface area contributed by atoms with Gasteiger partial charge >= 0.3 is 0 Å². The minimum absolute atomic E-state index is 0.00562. The normalized spacial score (nSPS) is 14.5. The molecular formula is C11H11BrN2OS2. The topological polar surface area (TPSA) is 41.5 Å². The lowest BCUT2D eigenvalue weighted by Crippen LogP contribution is -2.28. The number of aliphatic imine (C=N–C) groups is 1. The number of thioether (sulfide) groups is 2. The lowest BCUT2D eigenvalue weighted by molar-refractivity contribution is -0.117. The zero-order chi connectivity index (χ0) is 12.1. The smallest absolute Gasteiger partial charge is 0.236 e. The van der Waals surface area contributed by atoms with Crippen molar-refractivity contribution in [2.75, 3.05) is 18.1 Å². The summed E-state index contributed by atoms with van der Waals surface area (Å²) in [5.74, 6) is 1.39. The first-order valence-electron chi connectivity index (χ1n) is 5.09. The standard InChI is InChI=1S/C11H11BrN2OS2/c12-8-1-3-9(4-2-8)17-7-10(15)14-11-13-5-6-16-11/h1-4H,5-7H2,(H,13,14,15). The second-order valence-corrected chi connectivity index (χ2v) is 6.37. The first-order chi connectivity index (χ1) is 8.24. The Labute approximate surface area is 117 Å². The van der Waals surface area contributed by atoms with E-state index in [0.717, 1.165) is 26.8 Å². The van der Waals surface area contributed by atoms with Gasteiger partial charge in [-0.15, -0.1) is 11.8 Å². The molecule has 1 aromatic rings. The highest BCUT2D eigenvalue weighted by atomic mass is 79.9. The molecule has 0 radical (unpaired) electrons. The molecule has 17 heavy (non-hydrogen) atoms. The van der Waals surface area contributed by atoms with Gasteiger partial charge in [0.05, 0.1) is 12.3 Å². The predicted molar refractivity (Wildman–Crippen MR) is 77.8 cm³/mol. The maximum Gasteiger partial charge on any atom is 0.236 e. The van der Waals surface area contributed by atoms with Gasteiger partial charge in [-0.2, -0.15) is 0 Å². The Kier molecular flexibility index (Phi) is 4.94. The third kappa shape index (κ3) is 4.37. The molecule has 1 N–H and O–H groups in total. The third-order valence-corrected chi connectivity index (χ3v) is 4.45. The highest BCUT2D eigenvalue weighted by molar-refractivity contribution is 9.10. The van der Waals surface area contributed by atoms with E-state index in [1.807, 2.05) is 24.3 Å². The summed E-state index contributed by atoms with van der Waals surface area (Å²) in [6.07, 6.45) is 0. The van der Waals surface area contributed by atoms with Gasteiger partial charge in [0.15, 0.2) is 5.17 Å². The van der Waals surface area contributed by atoms with Crippen molar-refractivity contribution < 1.29 is 4.79 Å². The van der Waals surface area contributed by atoms with E-state index in [-0.39, 0.29) is 5.91 Å². The fourth-order valence-electron chi connectivity index (χ4n) is 1.25. The summed E-state index contributed by atoms with van der Waals surface area (Å²) in [7, 11) is 0. The molecule has 2 rings (SSSR count). The average Bonchev–Trinajstić information content (AvgIpc) is 2.81. The van der Waals surface area contributed by atoms with E-state index in [0.29, 0.717) is 5.75 Å². The molecule has 90 valence electrons. The SMILES string of the molecule is O=C(CSc1ccc(Br)cc1)NC1=NCCS1. The van der Waals surface area contributed by atoms with E-state index in [1.165, 1.54) is 11.8 Å². The molecule has 1 heterocycles. The molecule has 0 aliphatic carbocycles. The summed E-state index contributed by atoms with van der Waals surface area (Å²) < 4.78 is 1.04. The molecule has 1 aromatic carbocycles. The van der Waals surface area contributed by atoms with Crippen LogP contribution in [0.25, 0.3) is 0 Å². The predicted octanol–water partition coefficient (Wildman–Crippen LogP) is 2.76. The summed E-state index contributed by atoms with van der Waals surface area (Å²) in [4.78, 5) is 16.9. The highest BCUT2D eigenvalue weighted by Crippen LogP contribution is 2.20. The van der Waals surface area contributed by atoms with E-state index in [9.17, 15) is 4.79 Å². The summed E-state index contributed by atoms with van der Waals surface area (Å²) in [6, 6.07) is 7.92. The average molecular weight is 331 g/mol. The van der Waals surface area contributed by atoms with Gasteiger partial charge in [-0.25, -0.2) is 0 Å². The van der Waals surface area contributed by atoms with E-state index >= 15 is 0 Å². The van der Waals surface area contributed by atoms with E-state index < -0.39 is 0 Å². The Morgan fingerprint density at radius 2 is 2.24 bits per heavy atom. The van der Waals surface area contributed by atoms with Crippen molar-refractivity contribution in [3.63, 3.8) is 0 Å². The fourth-order valence-corrected chi connectivity index (χ4v) is 2.95. The maximum absolute atomic E-state index is 11.6. The molecule has 0 bridgehead atoms. The molecule has 0 atom stereocenters. The van der Waals surface area contributed by atoms with Gasteiger partial charge in [-0.05, 0) is 24.3 Å². The van der Waals surface area contributed by atoms with Crippen LogP contribution >= 0.6 is 39.5 Å². The Morgan fingerprint density at radius 3 is 2.88 bits per heavy atom. The van der Waals surface area contributed by atoms with Crippen molar-refractivity contribution >= 4 is 50.5 Å². The zero-order valence-corrected chi connectivity index (χ0v) is 12.2. The number of amidine groups is 1. The van der Waals surface area contributed by atoms with Crippen molar-refractivity contribution in [2.45, 2.75) is 4.90 Å². The molecule has 0 aromatic heterocycles. The molecule has 0 saturated heterocycles. The molecule has 1 amide bonds. The number of halogens is 1. The van der Waals surface area contributed by atoms with Crippen molar-refractivity contribution in [1.82, 2.24) is 5.32 Å². The largest absolute Gasteiger partial charge is 0.305 e. The van der Waals surface area contributed by atoms with E-state index in [2.05, 4.69) is 26.2 Å². The highest BCUT2D eigenvalue weighted by Gasteiger charge is 2.10. The van der Waals surface area contributed by atoms with Gasteiger partial charge in [0.1, 0.15) is 0 Å². The second-order valence-electron chi connectivity index (χ2n) is 3.33. The van der Waals surface area contributed by atoms with Crippen LogP contribution in [0.3, 0.4) is 0 Å². The van der Waals surface area contributed by atoms with Crippen LogP contribution in [-0.2, 0) is 4.79 Å². The number of hydrogen-bond donors (Lipinski definition) is 1. The van der Waals surface area contributed by atoms with E-state index in [1.54, 1.807) is 11.8 Å². The van der Waals surface area contributed by atoms with Crippen LogP contribution in [0.4, 0.5) is 0 Å². The summed E-state index contributed by atoms with van der Waals surface area (Å²) >= 11 is 6.50. The fraction of sp³-hybridized carbons (Fsp3) is 0.273. The van der Waals surface area contributed by atoms with Gasteiger partial charge in [0.25, 0.3) is 0 Å². The van der Waals surface area contributed by atoms with Crippen molar-refractivity contribution in [3.8, 4) is 0 Å². The minimum Gasteiger partial charge on any atom is -0.305 e. The number of rotatable bonds is 3. The lowest BCUT2D eigenvalue weighted by atomic mass is 10.4. The minimum atomic E-state index is 0.00562. The van der Waals surface area contributed by atoms with Crippen LogP contribution in [0.15, 0.2) is 38.6 Å². The lowest BCUT2D eigenvalue weighted by Gasteiger charge is -2.03. The van der Waals surface area contributed by atoms with Crippen molar-refractivity contribution in [1.29, 1.82) is 0 Å². The molecular weight excluding hydrogens is 320 g/mol. The monoisotopic (exact) mass is 330 g/mol. The zero-order valence-electron chi connectivity index (χ0n) is 8.98. The number of carbonyl (C=O) groups is 1. The van der Waals surface area contributed by atoms with Gasteiger partial charge < -0.3 is 5.32 Å². The van der Waals surface area contributed by atoms with Crippen LogP contribution < -0.4 is 5.32 Å². The Morgan fingerprint density at radius 1 is 1.47 bits per heavy atom. The number of hydrogen-bond acceptors (Lipinski definition) is 4. The molecule has 1 aliphatic rings. The van der Waals surface area contributed by atoms with Crippen LogP contribution in [0.5, 0.6) is 0 Å². The molecule has 1 aliphatic heterocycles. The molecule has 0 spiro atoms. The van der Waals surface area contributed by atoms with Crippen LogP contribution in [0, 0.1) is 0 Å². The van der Waals surface area contributed by atoms with Crippen LogP contribution in [-0.4, -0.2) is 29.1 Å². The number of nitrogens with zero attached hydrogens (tertiary/aromatic N) is 1. The van der Waals surface area contributed by atoms with Crippen molar-refractivity contribution in [3.05, 3.63) is 28.7 Å². The summed E-state index contributed by atoms with van der Waals surface area (Å²) in [6.45, 7) is 0.806. The molecule has 0 unspecified atom stereocenters. The van der Waals surface area contributed by atoms with Crippen LogP contribution in [0.2, 0.25) is 0 Å². The first-order valence-corrected chi connectivity index (χ1v) is 7.86. The van der Waals surface area contributed by atoms with Crippen molar-refractivity contribution in [2.24, 2.45) is 4.99 Å². The molecule has 0 fully saturated rings. The number of benzene rings is 1. The van der Waals surface area contributed by atoms with Gasteiger partial charge in [-0.3, -0.25) is 9.79 Å². The Bertz CT molecular complexity index is 434. The Balaban J connectivity index is 1.77. The molecule has 6 heteroatoms. The van der Waals surface area contributed by atoms with Gasteiger partial charge in [0.2, 0.25) is 5.91 Å². The van der Waals surface area contributed by atoms with Gasteiger partial charge in [0, 0.05) is 15.1 Å². The Hall–Kier alpha value is -0.460. The van der Waals surface area contributed by atoms with E-state index in [4.69, 9.17) is 0 Å². The van der Waals surface area contributed by atoms with Gasteiger partial charge in [-0.1, -0.05) is 27.7 Å². The summed E-state index contributed by atoms with van der Waals surface area (Å²) in [5.41, 5.74) is 0. The number of nitrogens with one attached hydrogen (secondary N) is 1.